The maximum Gasteiger partial charge on any atom is 0.282 e. The van der Waals surface area contributed by atoms with Crippen molar-refractivity contribution in [3.05, 3.63) is 53.6 Å². The Labute approximate surface area is 130 Å². The fourth-order valence-corrected chi connectivity index (χ4v) is 2.76. The molecule has 0 heterocycles. The van der Waals surface area contributed by atoms with E-state index in [0.29, 0.717) is 17.1 Å². The molecular formula is C16H17NO4S. The van der Waals surface area contributed by atoms with E-state index in [2.05, 4.69) is 4.40 Å². The normalized spacial score (nSPS) is 11.6. The summed E-state index contributed by atoms with van der Waals surface area (Å²) in [7, 11) is -0.741. The Bertz CT molecular complexity index is 780. The van der Waals surface area contributed by atoms with Crippen LogP contribution in [0.15, 0.2) is 51.8 Å². The molecular weight excluding hydrogens is 302 g/mol. The summed E-state index contributed by atoms with van der Waals surface area (Å²) in [5.74, 6) is 0.951. The monoisotopic (exact) mass is 319 g/mol. The highest BCUT2D eigenvalue weighted by atomic mass is 32.2. The zero-order chi connectivity index (χ0) is 16.2. The van der Waals surface area contributed by atoms with Crippen LogP contribution in [0.25, 0.3) is 0 Å². The summed E-state index contributed by atoms with van der Waals surface area (Å²) in [6.07, 6.45) is 1.26. The van der Waals surface area contributed by atoms with Gasteiger partial charge in [-0.1, -0.05) is 23.8 Å². The van der Waals surface area contributed by atoms with E-state index < -0.39 is 10.0 Å². The van der Waals surface area contributed by atoms with Gasteiger partial charge in [0.05, 0.1) is 25.3 Å². The van der Waals surface area contributed by atoms with E-state index >= 15 is 0 Å². The summed E-state index contributed by atoms with van der Waals surface area (Å²) in [6.45, 7) is 1.89. The summed E-state index contributed by atoms with van der Waals surface area (Å²) >= 11 is 0. The first-order valence-corrected chi connectivity index (χ1v) is 8.00. The van der Waals surface area contributed by atoms with Gasteiger partial charge in [-0.25, -0.2) is 0 Å². The summed E-state index contributed by atoms with van der Waals surface area (Å²) < 4.78 is 38.5. The molecule has 0 aliphatic rings. The Morgan fingerprint density at radius 3 is 2.27 bits per heavy atom. The van der Waals surface area contributed by atoms with Crippen molar-refractivity contribution in [1.82, 2.24) is 0 Å². The molecule has 22 heavy (non-hydrogen) atoms. The molecule has 0 unspecified atom stereocenters. The first-order chi connectivity index (χ1) is 10.5. The Morgan fingerprint density at radius 1 is 1.00 bits per heavy atom. The van der Waals surface area contributed by atoms with Crippen LogP contribution in [-0.4, -0.2) is 28.9 Å². The minimum absolute atomic E-state index is 0.149. The van der Waals surface area contributed by atoms with Gasteiger partial charge in [-0.2, -0.15) is 12.8 Å². The Morgan fingerprint density at radius 2 is 1.68 bits per heavy atom. The van der Waals surface area contributed by atoms with Crippen molar-refractivity contribution >= 4 is 16.2 Å². The maximum atomic E-state index is 12.2. The highest BCUT2D eigenvalue weighted by Crippen LogP contribution is 2.29. The van der Waals surface area contributed by atoms with Crippen LogP contribution < -0.4 is 9.47 Å². The SMILES string of the molecule is COc1cccc(C=NS(=O)(=O)c2ccc(C)cc2)c1OC. The van der Waals surface area contributed by atoms with E-state index in [1.165, 1.54) is 32.6 Å². The lowest BCUT2D eigenvalue weighted by Crippen LogP contribution is -1.99. The molecule has 0 amide bonds. The maximum absolute atomic E-state index is 12.2. The van der Waals surface area contributed by atoms with E-state index in [9.17, 15) is 8.42 Å². The van der Waals surface area contributed by atoms with Gasteiger partial charge in [-0.05, 0) is 31.2 Å². The van der Waals surface area contributed by atoms with Crippen LogP contribution in [0.2, 0.25) is 0 Å². The van der Waals surface area contributed by atoms with Crippen LogP contribution in [0.3, 0.4) is 0 Å². The van der Waals surface area contributed by atoms with Gasteiger partial charge in [0.25, 0.3) is 10.0 Å². The van der Waals surface area contributed by atoms with Gasteiger partial charge in [0.2, 0.25) is 0 Å². The van der Waals surface area contributed by atoms with Gasteiger partial charge in [-0.3, -0.25) is 0 Å². The fourth-order valence-electron chi connectivity index (χ4n) is 1.91. The smallest absolute Gasteiger partial charge is 0.282 e. The van der Waals surface area contributed by atoms with Gasteiger partial charge in [-0.15, -0.1) is 0 Å². The molecule has 2 aromatic carbocycles. The van der Waals surface area contributed by atoms with Crippen molar-refractivity contribution in [1.29, 1.82) is 0 Å². The number of rotatable bonds is 5. The zero-order valence-corrected chi connectivity index (χ0v) is 13.4. The van der Waals surface area contributed by atoms with Crippen molar-refractivity contribution in [3.8, 4) is 11.5 Å². The summed E-state index contributed by atoms with van der Waals surface area (Å²) in [6, 6.07) is 11.7. The third kappa shape index (κ3) is 3.46. The first kappa shape index (κ1) is 16.0. The average molecular weight is 319 g/mol. The third-order valence-corrected chi connectivity index (χ3v) is 4.33. The second-order valence-electron chi connectivity index (χ2n) is 4.61. The average Bonchev–Trinajstić information content (AvgIpc) is 2.52. The highest BCUT2D eigenvalue weighted by Gasteiger charge is 2.13. The van der Waals surface area contributed by atoms with Crippen molar-refractivity contribution in [2.24, 2.45) is 4.40 Å². The molecule has 6 heteroatoms. The van der Waals surface area contributed by atoms with Crippen molar-refractivity contribution in [3.63, 3.8) is 0 Å². The number of methoxy groups -OCH3 is 2. The number of hydrogen-bond donors (Lipinski definition) is 0. The molecule has 0 fully saturated rings. The molecule has 0 atom stereocenters. The minimum atomic E-state index is -3.75. The van der Waals surface area contributed by atoms with E-state index in [1.807, 2.05) is 6.92 Å². The van der Waals surface area contributed by atoms with E-state index in [4.69, 9.17) is 9.47 Å². The molecule has 0 aromatic heterocycles. The lowest BCUT2D eigenvalue weighted by molar-refractivity contribution is 0.354. The number of hydrogen-bond acceptors (Lipinski definition) is 4. The Kier molecular flexibility index (Phi) is 4.82. The number of aryl methyl sites for hydroxylation is 1. The predicted octanol–water partition coefficient (Wildman–Crippen LogP) is 2.82. The standard InChI is InChI=1S/C16H17NO4S/c1-12-7-9-14(10-8-12)22(18,19)17-11-13-5-4-6-15(20-2)16(13)21-3/h4-11H,1-3H3. The summed E-state index contributed by atoms with van der Waals surface area (Å²) in [5.41, 5.74) is 1.51. The molecule has 5 nitrogen and oxygen atoms in total. The molecule has 0 saturated heterocycles. The molecule has 0 bridgehead atoms. The summed E-state index contributed by atoms with van der Waals surface area (Å²) in [5, 5.41) is 0. The van der Waals surface area contributed by atoms with Gasteiger partial charge >= 0.3 is 0 Å². The fraction of sp³-hybridized carbons (Fsp3) is 0.188. The zero-order valence-electron chi connectivity index (χ0n) is 12.6. The lowest BCUT2D eigenvalue weighted by Gasteiger charge is -2.09. The molecule has 0 saturated carbocycles. The van der Waals surface area contributed by atoms with Crippen LogP contribution >= 0.6 is 0 Å². The first-order valence-electron chi connectivity index (χ1n) is 6.56. The highest BCUT2D eigenvalue weighted by molar-refractivity contribution is 7.90. The molecule has 0 radical (unpaired) electrons. The molecule has 2 aromatic rings. The largest absolute Gasteiger partial charge is 0.493 e. The molecule has 0 aliphatic carbocycles. The van der Waals surface area contributed by atoms with Crippen molar-refractivity contribution < 1.29 is 17.9 Å². The minimum Gasteiger partial charge on any atom is -0.493 e. The van der Waals surface area contributed by atoms with E-state index in [0.717, 1.165) is 5.56 Å². The van der Waals surface area contributed by atoms with E-state index in [1.54, 1.807) is 30.3 Å². The second kappa shape index (κ2) is 6.62. The van der Waals surface area contributed by atoms with Crippen LogP contribution in [0.5, 0.6) is 11.5 Å². The number of nitrogens with zero attached hydrogens (tertiary/aromatic N) is 1. The third-order valence-electron chi connectivity index (χ3n) is 3.08. The van der Waals surface area contributed by atoms with Crippen molar-refractivity contribution in [2.45, 2.75) is 11.8 Å². The van der Waals surface area contributed by atoms with Gasteiger partial charge < -0.3 is 9.47 Å². The molecule has 116 valence electrons. The Balaban J connectivity index is 2.37. The topological polar surface area (TPSA) is 65.0 Å². The molecule has 0 N–H and O–H groups in total. The van der Waals surface area contributed by atoms with Gasteiger partial charge in [0.1, 0.15) is 0 Å². The van der Waals surface area contributed by atoms with Gasteiger partial charge in [0.15, 0.2) is 11.5 Å². The molecule has 0 aliphatic heterocycles. The van der Waals surface area contributed by atoms with Crippen LogP contribution in [0, 0.1) is 6.92 Å². The lowest BCUT2D eigenvalue weighted by atomic mass is 10.2. The van der Waals surface area contributed by atoms with Gasteiger partial charge in [0, 0.05) is 5.56 Å². The number of benzene rings is 2. The quantitative estimate of drug-likeness (QED) is 0.795. The Hall–Kier alpha value is -2.34. The van der Waals surface area contributed by atoms with Crippen molar-refractivity contribution in [2.75, 3.05) is 14.2 Å². The predicted molar refractivity (Wildman–Crippen MR) is 85.5 cm³/mol. The number of para-hydroxylation sites is 1. The number of ether oxygens (including phenoxy) is 2. The molecule has 2 rings (SSSR count). The van der Waals surface area contributed by atoms with E-state index in [-0.39, 0.29) is 4.90 Å². The van der Waals surface area contributed by atoms with Crippen LogP contribution in [0.1, 0.15) is 11.1 Å². The number of sulfonamides is 1. The molecule has 0 spiro atoms. The van der Waals surface area contributed by atoms with Crippen LogP contribution in [0.4, 0.5) is 0 Å². The van der Waals surface area contributed by atoms with Crippen LogP contribution in [-0.2, 0) is 10.0 Å². The second-order valence-corrected chi connectivity index (χ2v) is 6.24. The summed E-state index contributed by atoms with van der Waals surface area (Å²) in [4.78, 5) is 0.149.